The number of methoxy groups -OCH3 is 1. The van der Waals surface area contributed by atoms with E-state index in [4.69, 9.17) is 14.2 Å². The molecule has 6 heteroatoms. The van der Waals surface area contributed by atoms with Crippen LogP contribution in [-0.2, 0) is 11.2 Å². The molecule has 0 radical (unpaired) electrons. The number of benzene rings is 1. The number of hydrogen-bond acceptors (Lipinski definition) is 5. The van der Waals surface area contributed by atoms with Crippen LogP contribution in [0.15, 0.2) is 36.5 Å². The monoisotopic (exact) mass is 348 g/mol. The van der Waals surface area contributed by atoms with Gasteiger partial charge in [0.15, 0.2) is 11.5 Å². The third-order valence-corrected chi connectivity index (χ3v) is 3.46. The number of pyridine rings is 1. The third-order valence-electron chi connectivity index (χ3n) is 3.46. The lowest BCUT2D eigenvalue weighted by molar-refractivity contribution is 0.0813. The molecule has 0 aliphatic rings. The number of rotatable bonds is 10. The summed E-state index contributed by atoms with van der Waals surface area (Å²) >= 11 is 0. The number of halogens is 1. The zero-order valence-electron chi connectivity index (χ0n) is 14.9. The Morgan fingerprint density at radius 2 is 1.96 bits per heavy atom. The molecule has 1 aromatic carbocycles. The summed E-state index contributed by atoms with van der Waals surface area (Å²) in [5, 5.41) is 3.18. The van der Waals surface area contributed by atoms with E-state index in [0.717, 1.165) is 17.8 Å². The van der Waals surface area contributed by atoms with Crippen molar-refractivity contribution in [1.29, 1.82) is 0 Å². The van der Waals surface area contributed by atoms with Gasteiger partial charge in [0.05, 0.1) is 26.4 Å². The first-order valence-corrected chi connectivity index (χ1v) is 8.35. The molecule has 136 valence electrons. The van der Waals surface area contributed by atoms with Crippen LogP contribution in [0, 0.1) is 5.82 Å². The van der Waals surface area contributed by atoms with Gasteiger partial charge in [0.2, 0.25) is 0 Å². The Morgan fingerprint density at radius 3 is 2.64 bits per heavy atom. The van der Waals surface area contributed by atoms with E-state index in [1.165, 1.54) is 19.2 Å². The summed E-state index contributed by atoms with van der Waals surface area (Å²) in [4.78, 5) is 4.37. The summed E-state index contributed by atoms with van der Waals surface area (Å²) in [6.45, 7) is 5.72. The highest BCUT2D eigenvalue weighted by atomic mass is 19.1. The molecule has 0 bridgehead atoms. The molecule has 1 aromatic heterocycles. The summed E-state index contributed by atoms with van der Waals surface area (Å²) in [5.74, 6) is 1.32. The largest absolute Gasteiger partial charge is 0.493 e. The van der Waals surface area contributed by atoms with Crippen LogP contribution in [0.3, 0.4) is 0 Å². The molecule has 1 N–H and O–H groups in total. The van der Waals surface area contributed by atoms with Crippen LogP contribution in [-0.4, -0.2) is 38.0 Å². The van der Waals surface area contributed by atoms with Crippen molar-refractivity contribution in [2.45, 2.75) is 26.4 Å². The minimum absolute atomic E-state index is 0.244. The highest BCUT2D eigenvalue weighted by molar-refractivity contribution is 5.40. The van der Waals surface area contributed by atoms with Crippen LogP contribution in [0.2, 0.25) is 0 Å². The van der Waals surface area contributed by atoms with Gasteiger partial charge in [0.25, 0.3) is 0 Å². The van der Waals surface area contributed by atoms with E-state index < -0.39 is 0 Å². The molecule has 2 rings (SSSR count). The fourth-order valence-corrected chi connectivity index (χ4v) is 2.19. The van der Waals surface area contributed by atoms with Gasteiger partial charge in [-0.1, -0.05) is 6.07 Å². The Balaban J connectivity index is 1.73. The Labute approximate surface area is 148 Å². The van der Waals surface area contributed by atoms with E-state index in [1.54, 1.807) is 6.07 Å². The topological polar surface area (TPSA) is 52.6 Å². The molecule has 0 unspecified atom stereocenters. The smallest absolute Gasteiger partial charge is 0.163 e. The second kappa shape index (κ2) is 9.84. The summed E-state index contributed by atoms with van der Waals surface area (Å²) in [6.07, 6.45) is 2.93. The van der Waals surface area contributed by atoms with Gasteiger partial charge in [-0.05, 0) is 44.0 Å². The summed E-state index contributed by atoms with van der Waals surface area (Å²) < 4.78 is 29.4. The first-order chi connectivity index (χ1) is 12.1. The third kappa shape index (κ3) is 6.58. The summed E-state index contributed by atoms with van der Waals surface area (Å²) in [6, 6.07) is 8.16. The molecule has 0 aliphatic carbocycles. The van der Waals surface area contributed by atoms with Crippen molar-refractivity contribution < 1.29 is 18.6 Å². The first kappa shape index (κ1) is 19.0. The van der Waals surface area contributed by atoms with Crippen LogP contribution in [0.25, 0.3) is 0 Å². The highest BCUT2D eigenvalue weighted by Crippen LogP contribution is 2.27. The average molecular weight is 348 g/mol. The lowest BCUT2D eigenvalue weighted by Crippen LogP contribution is -2.13. The quantitative estimate of drug-likeness (QED) is 0.664. The van der Waals surface area contributed by atoms with Crippen LogP contribution >= 0.6 is 0 Å². The van der Waals surface area contributed by atoms with E-state index >= 15 is 0 Å². The Hall–Kier alpha value is -2.34. The molecule has 0 aliphatic heterocycles. The second-order valence-corrected chi connectivity index (χ2v) is 5.79. The van der Waals surface area contributed by atoms with Crippen molar-refractivity contribution in [3.8, 4) is 11.5 Å². The standard InChI is InChI=1S/C19H25FN2O3/c1-14(2)24-10-8-15-4-7-19(22-13-15)21-9-11-25-17-6-5-16(20)12-18(17)23-3/h4-7,12-14H,8-11H2,1-3H3,(H,21,22). The van der Waals surface area contributed by atoms with Crippen molar-refractivity contribution in [3.05, 3.63) is 47.9 Å². The number of nitrogens with zero attached hydrogens (tertiary/aromatic N) is 1. The zero-order valence-corrected chi connectivity index (χ0v) is 14.9. The molecular weight excluding hydrogens is 323 g/mol. The fourth-order valence-electron chi connectivity index (χ4n) is 2.19. The number of nitrogens with one attached hydrogen (secondary N) is 1. The molecule has 25 heavy (non-hydrogen) atoms. The highest BCUT2D eigenvalue weighted by Gasteiger charge is 2.05. The molecule has 0 amide bonds. The van der Waals surface area contributed by atoms with E-state index in [1.807, 2.05) is 32.2 Å². The minimum atomic E-state index is -0.356. The van der Waals surface area contributed by atoms with E-state index in [0.29, 0.717) is 31.3 Å². The van der Waals surface area contributed by atoms with Crippen molar-refractivity contribution in [3.63, 3.8) is 0 Å². The lowest BCUT2D eigenvalue weighted by Gasteiger charge is -2.11. The number of ether oxygens (including phenoxy) is 3. The molecule has 5 nitrogen and oxygen atoms in total. The Bertz CT molecular complexity index is 648. The van der Waals surface area contributed by atoms with Gasteiger partial charge in [0.1, 0.15) is 18.2 Å². The fraction of sp³-hybridized carbons (Fsp3) is 0.421. The molecule has 0 saturated heterocycles. The molecule has 0 spiro atoms. The second-order valence-electron chi connectivity index (χ2n) is 5.79. The maximum Gasteiger partial charge on any atom is 0.163 e. The average Bonchev–Trinajstić information content (AvgIpc) is 2.60. The van der Waals surface area contributed by atoms with Crippen LogP contribution < -0.4 is 14.8 Å². The van der Waals surface area contributed by atoms with Crippen molar-refractivity contribution >= 4 is 5.82 Å². The van der Waals surface area contributed by atoms with Gasteiger partial charge in [-0.25, -0.2) is 9.37 Å². The Kier molecular flexibility index (Phi) is 7.47. The number of aromatic nitrogens is 1. The maximum atomic E-state index is 13.1. The van der Waals surface area contributed by atoms with Gasteiger partial charge in [-0.2, -0.15) is 0 Å². The van der Waals surface area contributed by atoms with Gasteiger partial charge in [-0.3, -0.25) is 0 Å². The van der Waals surface area contributed by atoms with Crippen LogP contribution in [0.5, 0.6) is 11.5 Å². The van der Waals surface area contributed by atoms with Crippen molar-refractivity contribution in [2.24, 2.45) is 0 Å². The lowest BCUT2D eigenvalue weighted by atomic mass is 10.2. The van der Waals surface area contributed by atoms with Gasteiger partial charge >= 0.3 is 0 Å². The molecular formula is C19H25FN2O3. The van der Waals surface area contributed by atoms with Crippen LogP contribution in [0.4, 0.5) is 10.2 Å². The molecule has 2 aromatic rings. The van der Waals surface area contributed by atoms with Gasteiger partial charge in [0, 0.05) is 12.3 Å². The van der Waals surface area contributed by atoms with Crippen LogP contribution in [0.1, 0.15) is 19.4 Å². The van der Waals surface area contributed by atoms with Crippen molar-refractivity contribution in [1.82, 2.24) is 4.98 Å². The van der Waals surface area contributed by atoms with E-state index in [9.17, 15) is 4.39 Å². The predicted molar refractivity (Wildman–Crippen MR) is 96.0 cm³/mol. The normalized spacial score (nSPS) is 10.8. The first-order valence-electron chi connectivity index (χ1n) is 8.35. The van der Waals surface area contributed by atoms with Gasteiger partial charge in [-0.15, -0.1) is 0 Å². The summed E-state index contributed by atoms with van der Waals surface area (Å²) in [7, 11) is 1.48. The number of anilines is 1. The zero-order chi connectivity index (χ0) is 18.1. The van der Waals surface area contributed by atoms with Gasteiger partial charge < -0.3 is 19.5 Å². The summed E-state index contributed by atoms with van der Waals surface area (Å²) in [5.41, 5.74) is 1.14. The number of hydrogen-bond donors (Lipinski definition) is 1. The molecule has 1 heterocycles. The maximum absolute atomic E-state index is 13.1. The SMILES string of the molecule is COc1cc(F)ccc1OCCNc1ccc(CCOC(C)C)cn1. The molecule has 0 saturated carbocycles. The predicted octanol–water partition coefficient (Wildman–Crippen LogP) is 3.69. The minimum Gasteiger partial charge on any atom is -0.493 e. The van der Waals surface area contributed by atoms with E-state index in [2.05, 4.69) is 10.3 Å². The Morgan fingerprint density at radius 1 is 1.12 bits per heavy atom. The van der Waals surface area contributed by atoms with E-state index in [-0.39, 0.29) is 11.9 Å². The van der Waals surface area contributed by atoms with Crippen molar-refractivity contribution in [2.75, 3.05) is 32.2 Å². The molecule has 0 fully saturated rings. The molecule has 0 atom stereocenters.